The number of nitrogens with zero attached hydrogens (tertiary/aromatic N) is 2. The Bertz CT molecular complexity index is 977. The molecule has 0 aliphatic carbocycles. The SMILES string of the molecule is COCCc1ccc(-c2csc(NC(=O)COc3ccccc3C#N)n2)cc1. The summed E-state index contributed by atoms with van der Waals surface area (Å²) in [4.78, 5) is 16.6. The summed E-state index contributed by atoms with van der Waals surface area (Å²) in [5.41, 5.74) is 3.37. The second kappa shape index (κ2) is 9.65. The zero-order valence-electron chi connectivity index (χ0n) is 15.3. The first-order valence-electron chi connectivity index (χ1n) is 8.65. The quantitative estimate of drug-likeness (QED) is 0.628. The molecule has 3 rings (SSSR count). The van der Waals surface area contributed by atoms with Crippen molar-refractivity contribution >= 4 is 22.4 Å². The molecule has 0 fully saturated rings. The third-order valence-corrected chi connectivity index (χ3v) is 4.72. The highest BCUT2D eigenvalue weighted by Crippen LogP contribution is 2.25. The number of aromatic nitrogens is 1. The van der Waals surface area contributed by atoms with Crippen LogP contribution in [0.15, 0.2) is 53.9 Å². The van der Waals surface area contributed by atoms with Gasteiger partial charge in [0.15, 0.2) is 11.7 Å². The van der Waals surface area contributed by atoms with Crippen molar-refractivity contribution < 1.29 is 14.3 Å². The zero-order chi connectivity index (χ0) is 19.8. The summed E-state index contributed by atoms with van der Waals surface area (Å²) in [5, 5.41) is 14.2. The van der Waals surface area contributed by atoms with E-state index in [1.165, 1.54) is 16.9 Å². The molecule has 1 N–H and O–H groups in total. The lowest BCUT2D eigenvalue weighted by Crippen LogP contribution is -2.20. The van der Waals surface area contributed by atoms with E-state index in [1.807, 2.05) is 35.7 Å². The number of hydrogen-bond acceptors (Lipinski definition) is 6. The Morgan fingerprint density at radius 2 is 2.00 bits per heavy atom. The fraction of sp³-hybridized carbons (Fsp3) is 0.190. The van der Waals surface area contributed by atoms with Crippen LogP contribution in [0.2, 0.25) is 0 Å². The van der Waals surface area contributed by atoms with Crippen LogP contribution in [0.3, 0.4) is 0 Å². The van der Waals surface area contributed by atoms with E-state index < -0.39 is 0 Å². The number of nitrogens with one attached hydrogen (secondary N) is 1. The lowest BCUT2D eigenvalue weighted by Gasteiger charge is -2.07. The Balaban J connectivity index is 1.56. The molecule has 28 heavy (non-hydrogen) atoms. The molecule has 0 saturated carbocycles. The van der Waals surface area contributed by atoms with Crippen LogP contribution in [0.5, 0.6) is 5.75 Å². The number of carbonyl (C=O) groups is 1. The molecule has 1 aromatic heterocycles. The topological polar surface area (TPSA) is 84.2 Å². The first-order chi connectivity index (χ1) is 13.7. The van der Waals surface area contributed by atoms with Gasteiger partial charge in [0.05, 0.1) is 17.9 Å². The number of hydrogen-bond donors (Lipinski definition) is 1. The van der Waals surface area contributed by atoms with Crippen molar-refractivity contribution in [2.75, 3.05) is 25.6 Å². The average Bonchev–Trinajstić information content (AvgIpc) is 3.19. The maximum absolute atomic E-state index is 12.1. The molecule has 3 aromatic rings. The molecule has 0 saturated heterocycles. The van der Waals surface area contributed by atoms with Crippen molar-refractivity contribution in [1.82, 2.24) is 4.98 Å². The van der Waals surface area contributed by atoms with E-state index in [4.69, 9.17) is 14.7 Å². The minimum atomic E-state index is -0.330. The van der Waals surface area contributed by atoms with Crippen LogP contribution in [-0.4, -0.2) is 31.2 Å². The highest BCUT2D eigenvalue weighted by atomic mass is 32.1. The molecule has 0 atom stereocenters. The van der Waals surface area contributed by atoms with E-state index in [0.29, 0.717) is 23.1 Å². The van der Waals surface area contributed by atoms with Gasteiger partial charge in [0, 0.05) is 18.1 Å². The molecular weight excluding hydrogens is 374 g/mol. The molecule has 2 aromatic carbocycles. The molecule has 0 unspecified atom stereocenters. The van der Waals surface area contributed by atoms with Gasteiger partial charge in [-0.1, -0.05) is 36.4 Å². The molecule has 142 valence electrons. The predicted molar refractivity (Wildman–Crippen MR) is 108 cm³/mol. The molecule has 1 heterocycles. The maximum Gasteiger partial charge on any atom is 0.264 e. The Morgan fingerprint density at radius 3 is 2.75 bits per heavy atom. The second-order valence-corrected chi connectivity index (χ2v) is 6.78. The molecule has 0 radical (unpaired) electrons. The van der Waals surface area contributed by atoms with E-state index >= 15 is 0 Å². The Morgan fingerprint density at radius 1 is 1.21 bits per heavy atom. The van der Waals surface area contributed by atoms with Crippen LogP contribution in [-0.2, 0) is 16.0 Å². The van der Waals surface area contributed by atoms with E-state index in [-0.39, 0.29) is 12.5 Å². The molecule has 0 spiro atoms. The summed E-state index contributed by atoms with van der Waals surface area (Å²) in [5.74, 6) is 0.0529. The van der Waals surface area contributed by atoms with Gasteiger partial charge in [-0.25, -0.2) is 4.98 Å². The number of para-hydroxylation sites is 1. The van der Waals surface area contributed by atoms with Gasteiger partial charge in [0.2, 0.25) is 0 Å². The summed E-state index contributed by atoms with van der Waals surface area (Å²) >= 11 is 1.35. The van der Waals surface area contributed by atoms with Gasteiger partial charge in [-0.05, 0) is 24.1 Å². The third kappa shape index (κ3) is 5.16. The summed E-state index contributed by atoms with van der Waals surface area (Å²) in [6, 6.07) is 16.9. The van der Waals surface area contributed by atoms with Gasteiger partial charge >= 0.3 is 0 Å². The van der Waals surface area contributed by atoms with Crippen molar-refractivity contribution in [2.45, 2.75) is 6.42 Å². The molecule has 0 aliphatic rings. The summed E-state index contributed by atoms with van der Waals surface area (Å²) in [7, 11) is 1.69. The smallest absolute Gasteiger partial charge is 0.264 e. The number of nitriles is 1. The minimum Gasteiger partial charge on any atom is -0.482 e. The van der Waals surface area contributed by atoms with Gasteiger partial charge in [-0.15, -0.1) is 11.3 Å². The lowest BCUT2D eigenvalue weighted by molar-refractivity contribution is -0.118. The highest BCUT2D eigenvalue weighted by Gasteiger charge is 2.10. The standard InChI is InChI=1S/C21H19N3O3S/c1-26-11-10-15-6-8-16(9-7-15)18-14-28-21(23-18)24-20(25)13-27-19-5-3-2-4-17(19)12-22/h2-9,14H,10-11,13H2,1H3,(H,23,24,25). The van der Waals surface area contributed by atoms with Crippen molar-refractivity contribution in [3.63, 3.8) is 0 Å². The Hall–Kier alpha value is -3.21. The number of rotatable bonds is 8. The number of benzene rings is 2. The predicted octanol–water partition coefficient (Wildman–Crippen LogP) is 3.89. The fourth-order valence-electron chi connectivity index (χ4n) is 2.51. The fourth-order valence-corrected chi connectivity index (χ4v) is 3.25. The van der Waals surface area contributed by atoms with Crippen LogP contribution < -0.4 is 10.1 Å². The molecule has 1 amide bonds. The number of anilines is 1. The number of thiazole rings is 1. The molecule has 7 heteroatoms. The van der Waals surface area contributed by atoms with E-state index in [1.54, 1.807) is 31.4 Å². The van der Waals surface area contributed by atoms with E-state index in [9.17, 15) is 4.79 Å². The van der Waals surface area contributed by atoms with E-state index in [2.05, 4.69) is 10.3 Å². The van der Waals surface area contributed by atoms with Crippen LogP contribution >= 0.6 is 11.3 Å². The number of amides is 1. The van der Waals surface area contributed by atoms with Gasteiger partial charge in [-0.3, -0.25) is 10.1 Å². The zero-order valence-corrected chi connectivity index (χ0v) is 16.2. The van der Waals surface area contributed by atoms with Gasteiger partial charge in [0.25, 0.3) is 5.91 Å². The maximum atomic E-state index is 12.1. The monoisotopic (exact) mass is 393 g/mol. The Kier molecular flexibility index (Phi) is 6.73. The highest BCUT2D eigenvalue weighted by molar-refractivity contribution is 7.14. The second-order valence-electron chi connectivity index (χ2n) is 5.92. The van der Waals surface area contributed by atoms with Crippen LogP contribution in [0.25, 0.3) is 11.3 Å². The normalized spacial score (nSPS) is 10.3. The number of carbonyl (C=O) groups excluding carboxylic acids is 1. The average molecular weight is 393 g/mol. The summed E-state index contributed by atoms with van der Waals surface area (Å²) in [6.07, 6.45) is 0.865. The molecule has 6 nitrogen and oxygen atoms in total. The van der Waals surface area contributed by atoms with Crippen molar-refractivity contribution in [3.05, 3.63) is 65.0 Å². The largest absolute Gasteiger partial charge is 0.482 e. The Labute approximate surface area is 167 Å². The van der Waals surface area contributed by atoms with Gasteiger partial charge in [0.1, 0.15) is 11.8 Å². The van der Waals surface area contributed by atoms with Crippen molar-refractivity contribution in [3.8, 4) is 23.1 Å². The van der Waals surface area contributed by atoms with Crippen molar-refractivity contribution in [1.29, 1.82) is 5.26 Å². The minimum absolute atomic E-state index is 0.193. The lowest BCUT2D eigenvalue weighted by atomic mass is 10.1. The van der Waals surface area contributed by atoms with Crippen LogP contribution in [0, 0.1) is 11.3 Å². The summed E-state index contributed by atoms with van der Waals surface area (Å²) < 4.78 is 10.5. The first kappa shape index (κ1) is 19.5. The first-order valence-corrected chi connectivity index (χ1v) is 9.53. The molecule has 0 bridgehead atoms. The van der Waals surface area contributed by atoms with E-state index in [0.717, 1.165) is 17.7 Å². The van der Waals surface area contributed by atoms with Gasteiger partial charge < -0.3 is 9.47 Å². The van der Waals surface area contributed by atoms with Crippen LogP contribution in [0.4, 0.5) is 5.13 Å². The van der Waals surface area contributed by atoms with Crippen molar-refractivity contribution in [2.24, 2.45) is 0 Å². The molecular formula is C21H19N3O3S. The number of methoxy groups -OCH3 is 1. The van der Waals surface area contributed by atoms with Crippen LogP contribution in [0.1, 0.15) is 11.1 Å². The van der Waals surface area contributed by atoms with Gasteiger partial charge in [-0.2, -0.15) is 5.26 Å². The summed E-state index contributed by atoms with van der Waals surface area (Å²) in [6.45, 7) is 0.495. The number of ether oxygens (including phenoxy) is 2. The third-order valence-electron chi connectivity index (χ3n) is 3.96. The molecule has 0 aliphatic heterocycles.